The van der Waals surface area contributed by atoms with Crippen molar-refractivity contribution in [2.24, 2.45) is 0 Å². The smallest absolute Gasteiger partial charge is 0.320 e. The molecular formula is C15H22N2O3S. The third-order valence-corrected chi connectivity index (χ3v) is 5.41. The highest BCUT2D eigenvalue weighted by Gasteiger charge is 2.29. The molecule has 5 nitrogen and oxygen atoms in total. The Kier molecular flexibility index (Phi) is 5.00. The topological polar surface area (TPSA) is 69.6 Å². The van der Waals surface area contributed by atoms with E-state index in [4.69, 9.17) is 0 Å². The Morgan fingerprint density at radius 2 is 2.00 bits per heavy atom. The van der Waals surface area contributed by atoms with Crippen molar-refractivity contribution in [3.63, 3.8) is 0 Å². The first-order valence-corrected chi connectivity index (χ1v) is 8.05. The standard InChI is InChI=1S/C15H22N2O3S/c1-9-10(2)14(21-11(9)3)16-13(18)8-17-7-5-4-6-12(17)15(19)20/h12H,4-8H2,1-3H3,(H,16,18)(H,19,20)/t12-/m0/s1. The first kappa shape index (κ1) is 16.0. The lowest BCUT2D eigenvalue weighted by Gasteiger charge is -2.32. The van der Waals surface area contributed by atoms with Gasteiger partial charge in [0.05, 0.1) is 11.5 Å². The number of thiophene rings is 1. The second-order valence-electron chi connectivity index (χ2n) is 5.61. The van der Waals surface area contributed by atoms with Crippen LogP contribution in [0, 0.1) is 20.8 Å². The molecule has 6 heteroatoms. The van der Waals surface area contributed by atoms with Gasteiger partial charge in [-0.15, -0.1) is 11.3 Å². The van der Waals surface area contributed by atoms with Gasteiger partial charge in [-0.25, -0.2) is 0 Å². The molecule has 2 heterocycles. The van der Waals surface area contributed by atoms with E-state index in [1.807, 2.05) is 20.8 Å². The van der Waals surface area contributed by atoms with E-state index in [1.54, 1.807) is 16.2 Å². The van der Waals surface area contributed by atoms with Crippen molar-refractivity contribution in [1.29, 1.82) is 0 Å². The van der Waals surface area contributed by atoms with Crippen molar-refractivity contribution in [2.75, 3.05) is 18.4 Å². The highest BCUT2D eigenvalue weighted by molar-refractivity contribution is 7.16. The molecule has 1 aromatic rings. The summed E-state index contributed by atoms with van der Waals surface area (Å²) in [5, 5.41) is 13.0. The predicted molar refractivity (Wildman–Crippen MR) is 84.0 cm³/mol. The van der Waals surface area contributed by atoms with Gasteiger partial charge in [-0.05, 0) is 51.3 Å². The maximum absolute atomic E-state index is 12.2. The number of aryl methyl sites for hydroxylation is 1. The zero-order chi connectivity index (χ0) is 15.6. The first-order valence-electron chi connectivity index (χ1n) is 7.23. The number of hydrogen-bond donors (Lipinski definition) is 2. The molecule has 0 aromatic carbocycles. The normalized spacial score (nSPS) is 19.5. The molecule has 1 amide bonds. The van der Waals surface area contributed by atoms with Crippen LogP contribution in [-0.4, -0.2) is 41.0 Å². The van der Waals surface area contributed by atoms with Crippen LogP contribution >= 0.6 is 11.3 Å². The number of amides is 1. The van der Waals surface area contributed by atoms with E-state index in [0.717, 1.165) is 23.4 Å². The molecule has 1 atom stereocenters. The summed E-state index contributed by atoms with van der Waals surface area (Å²) in [5.74, 6) is -0.964. The number of anilines is 1. The quantitative estimate of drug-likeness (QED) is 0.896. The molecule has 0 bridgehead atoms. The number of aliphatic carboxylic acids is 1. The van der Waals surface area contributed by atoms with E-state index in [2.05, 4.69) is 5.32 Å². The van der Waals surface area contributed by atoms with Gasteiger partial charge in [0, 0.05) is 4.88 Å². The number of carbonyl (C=O) groups excluding carboxylic acids is 1. The fourth-order valence-corrected chi connectivity index (χ4v) is 3.75. The molecule has 0 unspecified atom stereocenters. The van der Waals surface area contributed by atoms with Crippen molar-refractivity contribution in [2.45, 2.75) is 46.1 Å². The molecule has 1 aromatic heterocycles. The molecule has 1 fully saturated rings. The Morgan fingerprint density at radius 1 is 1.29 bits per heavy atom. The van der Waals surface area contributed by atoms with Gasteiger partial charge >= 0.3 is 5.97 Å². The van der Waals surface area contributed by atoms with Gasteiger partial charge in [0.1, 0.15) is 6.04 Å². The summed E-state index contributed by atoms with van der Waals surface area (Å²) in [6.07, 6.45) is 2.49. The summed E-state index contributed by atoms with van der Waals surface area (Å²) in [6.45, 7) is 6.89. The molecule has 1 aliphatic rings. The van der Waals surface area contributed by atoms with Crippen LogP contribution < -0.4 is 5.32 Å². The summed E-state index contributed by atoms with van der Waals surface area (Å²) >= 11 is 1.57. The Hall–Kier alpha value is -1.40. The van der Waals surface area contributed by atoms with Crippen molar-refractivity contribution < 1.29 is 14.7 Å². The number of rotatable bonds is 4. The van der Waals surface area contributed by atoms with E-state index in [1.165, 1.54) is 10.4 Å². The van der Waals surface area contributed by atoms with Crippen molar-refractivity contribution in [1.82, 2.24) is 4.90 Å². The maximum Gasteiger partial charge on any atom is 0.320 e. The van der Waals surface area contributed by atoms with Crippen LogP contribution in [0.1, 0.15) is 35.3 Å². The lowest BCUT2D eigenvalue weighted by Crippen LogP contribution is -2.47. The van der Waals surface area contributed by atoms with Gasteiger partial charge in [0.15, 0.2) is 0 Å². The van der Waals surface area contributed by atoms with Crippen LogP contribution in [0.15, 0.2) is 0 Å². The average molecular weight is 310 g/mol. The molecule has 0 aliphatic carbocycles. The number of carboxylic acids is 1. The van der Waals surface area contributed by atoms with Gasteiger partial charge in [-0.3, -0.25) is 14.5 Å². The van der Waals surface area contributed by atoms with Crippen LogP contribution in [0.2, 0.25) is 0 Å². The van der Waals surface area contributed by atoms with E-state index in [0.29, 0.717) is 13.0 Å². The minimum atomic E-state index is -0.832. The van der Waals surface area contributed by atoms with Gasteiger partial charge in [-0.2, -0.15) is 0 Å². The zero-order valence-corrected chi connectivity index (χ0v) is 13.5. The molecule has 0 saturated carbocycles. The monoisotopic (exact) mass is 310 g/mol. The van der Waals surface area contributed by atoms with Gasteiger partial charge in [-0.1, -0.05) is 6.42 Å². The number of hydrogen-bond acceptors (Lipinski definition) is 4. The third kappa shape index (κ3) is 3.63. The number of nitrogens with zero attached hydrogens (tertiary/aromatic N) is 1. The van der Waals surface area contributed by atoms with Crippen LogP contribution in [0.25, 0.3) is 0 Å². The number of carboxylic acid groups (broad SMARTS) is 1. The van der Waals surface area contributed by atoms with E-state index in [-0.39, 0.29) is 12.5 Å². The summed E-state index contributed by atoms with van der Waals surface area (Å²) in [5.41, 5.74) is 2.30. The molecule has 0 spiro atoms. The zero-order valence-electron chi connectivity index (χ0n) is 12.7. The summed E-state index contributed by atoms with van der Waals surface area (Å²) in [4.78, 5) is 26.4. The fraction of sp³-hybridized carbons (Fsp3) is 0.600. The van der Waals surface area contributed by atoms with Crippen LogP contribution in [0.4, 0.5) is 5.00 Å². The van der Waals surface area contributed by atoms with Gasteiger partial charge in [0.2, 0.25) is 5.91 Å². The predicted octanol–water partition coefficient (Wildman–Crippen LogP) is 2.55. The number of nitrogens with one attached hydrogen (secondary N) is 1. The molecule has 2 N–H and O–H groups in total. The summed E-state index contributed by atoms with van der Waals surface area (Å²) < 4.78 is 0. The van der Waals surface area contributed by atoms with Gasteiger partial charge < -0.3 is 10.4 Å². The van der Waals surface area contributed by atoms with E-state index < -0.39 is 12.0 Å². The second kappa shape index (κ2) is 6.58. The van der Waals surface area contributed by atoms with Crippen LogP contribution in [0.3, 0.4) is 0 Å². The van der Waals surface area contributed by atoms with Crippen LogP contribution in [-0.2, 0) is 9.59 Å². The molecule has 1 saturated heterocycles. The molecule has 21 heavy (non-hydrogen) atoms. The SMILES string of the molecule is Cc1sc(NC(=O)CN2CCCC[C@H]2C(=O)O)c(C)c1C. The molecular weight excluding hydrogens is 288 g/mol. The Bertz CT molecular complexity index is 553. The van der Waals surface area contributed by atoms with Crippen molar-refractivity contribution >= 4 is 28.2 Å². The van der Waals surface area contributed by atoms with E-state index >= 15 is 0 Å². The number of carbonyl (C=O) groups is 2. The maximum atomic E-state index is 12.2. The summed E-state index contributed by atoms with van der Waals surface area (Å²) in [6, 6.07) is -0.530. The van der Waals surface area contributed by atoms with Gasteiger partial charge in [0.25, 0.3) is 0 Å². The van der Waals surface area contributed by atoms with Crippen LogP contribution in [0.5, 0.6) is 0 Å². The minimum absolute atomic E-state index is 0.132. The Labute approximate surface area is 129 Å². The molecule has 2 rings (SSSR count). The largest absolute Gasteiger partial charge is 0.480 e. The third-order valence-electron chi connectivity index (χ3n) is 4.18. The highest BCUT2D eigenvalue weighted by Crippen LogP contribution is 2.31. The van der Waals surface area contributed by atoms with Crippen molar-refractivity contribution in [3.8, 4) is 0 Å². The first-order chi connectivity index (χ1) is 9.90. The average Bonchev–Trinajstić information content (AvgIpc) is 2.66. The Balaban J connectivity index is 2.00. The van der Waals surface area contributed by atoms with E-state index in [9.17, 15) is 14.7 Å². The molecule has 1 aliphatic heterocycles. The second-order valence-corrected chi connectivity index (χ2v) is 6.83. The number of likely N-dealkylation sites (tertiary alicyclic amines) is 1. The Morgan fingerprint density at radius 3 is 2.57 bits per heavy atom. The molecule has 0 radical (unpaired) electrons. The van der Waals surface area contributed by atoms with Crippen molar-refractivity contribution in [3.05, 3.63) is 16.0 Å². The fourth-order valence-electron chi connectivity index (χ4n) is 2.67. The lowest BCUT2D eigenvalue weighted by atomic mass is 10.0. The lowest BCUT2D eigenvalue weighted by molar-refractivity contribution is -0.145. The number of piperidine rings is 1. The molecule has 116 valence electrons. The summed E-state index contributed by atoms with van der Waals surface area (Å²) in [7, 11) is 0. The highest BCUT2D eigenvalue weighted by atomic mass is 32.1. The minimum Gasteiger partial charge on any atom is -0.480 e.